The van der Waals surface area contributed by atoms with Crippen LogP contribution in [0, 0.1) is 13.8 Å². The molecule has 0 radical (unpaired) electrons. The molecule has 5 aromatic carbocycles. The van der Waals surface area contributed by atoms with Gasteiger partial charge in [-0.3, -0.25) is 0 Å². The maximum absolute atomic E-state index is 5.39. The van der Waals surface area contributed by atoms with E-state index >= 15 is 0 Å². The first-order valence-corrected chi connectivity index (χ1v) is 14.1. The Bertz CT molecular complexity index is 1790. The minimum absolute atomic E-state index is 0.827. The van der Waals surface area contributed by atoms with Crippen molar-refractivity contribution >= 4 is 40.1 Å². The highest BCUT2D eigenvalue weighted by Crippen LogP contribution is 2.37. The summed E-state index contributed by atoms with van der Waals surface area (Å²) in [6, 6.07) is 42.0. The topological polar surface area (TPSA) is 26.6 Å². The number of methoxy groups -OCH3 is 2. The van der Waals surface area contributed by atoms with Crippen LogP contribution in [0.2, 0.25) is 0 Å². The Morgan fingerprint density at radius 1 is 0.571 bits per heavy atom. The number of nitrogens with zero attached hydrogens (tertiary/aromatic N) is 2. The zero-order chi connectivity index (χ0) is 29.1. The van der Waals surface area contributed by atoms with Crippen molar-refractivity contribution in [3.05, 3.63) is 144 Å². The summed E-state index contributed by atoms with van der Waals surface area (Å²) in [5.74, 6) is 1.65. The molecule has 0 unspecified atom stereocenters. The molecule has 0 aliphatic carbocycles. The van der Waals surface area contributed by atoms with Gasteiger partial charge < -0.3 is 18.9 Å². The van der Waals surface area contributed by atoms with Gasteiger partial charge in [-0.15, -0.1) is 0 Å². The normalized spacial score (nSPS) is 11.2. The number of anilines is 3. The van der Waals surface area contributed by atoms with Crippen molar-refractivity contribution in [2.75, 3.05) is 19.1 Å². The smallest absolute Gasteiger partial charge is 0.119 e. The zero-order valence-corrected chi connectivity index (χ0v) is 24.4. The summed E-state index contributed by atoms with van der Waals surface area (Å²) >= 11 is 0. The van der Waals surface area contributed by atoms with E-state index in [9.17, 15) is 0 Å². The van der Waals surface area contributed by atoms with Crippen LogP contribution in [-0.2, 0) is 0 Å². The second-order valence-corrected chi connectivity index (χ2v) is 10.3. The fourth-order valence-electron chi connectivity index (χ4n) is 5.51. The Balaban J connectivity index is 1.35. The third-order valence-corrected chi connectivity index (χ3v) is 7.86. The van der Waals surface area contributed by atoms with E-state index in [2.05, 4.69) is 133 Å². The number of para-hydroxylation sites is 2. The first-order chi connectivity index (χ1) is 20.6. The predicted octanol–water partition coefficient (Wildman–Crippen LogP) is 9.90. The van der Waals surface area contributed by atoms with Gasteiger partial charge in [-0.2, -0.15) is 0 Å². The van der Waals surface area contributed by atoms with Crippen molar-refractivity contribution in [1.29, 1.82) is 0 Å². The summed E-state index contributed by atoms with van der Waals surface area (Å²) in [7, 11) is 3.37. The lowest BCUT2D eigenvalue weighted by Crippen LogP contribution is -2.09. The molecule has 4 heteroatoms. The van der Waals surface area contributed by atoms with E-state index in [1.54, 1.807) is 14.2 Å². The zero-order valence-electron chi connectivity index (χ0n) is 24.4. The van der Waals surface area contributed by atoms with Gasteiger partial charge in [0, 0.05) is 33.8 Å². The average Bonchev–Trinajstić information content (AvgIpc) is 3.31. The minimum Gasteiger partial charge on any atom is -0.497 e. The van der Waals surface area contributed by atoms with Crippen LogP contribution in [0.1, 0.15) is 22.4 Å². The van der Waals surface area contributed by atoms with Crippen molar-refractivity contribution in [3.8, 4) is 17.2 Å². The molecule has 0 amide bonds. The van der Waals surface area contributed by atoms with E-state index in [1.807, 2.05) is 24.3 Å². The predicted molar refractivity (Wildman–Crippen MR) is 176 cm³/mol. The molecular formula is C38H34N2O2. The Morgan fingerprint density at radius 3 is 1.67 bits per heavy atom. The molecule has 0 atom stereocenters. The highest BCUT2D eigenvalue weighted by atomic mass is 16.5. The molecule has 208 valence electrons. The van der Waals surface area contributed by atoms with E-state index in [0.717, 1.165) is 34.1 Å². The molecule has 0 saturated carbocycles. The van der Waals surface area contributed by atoms with Crippen LogP contribution in [0.3, 0.4) is 0 Å². The Labute approximate surface area is 247 Å². The third-order valence-electron chi connectivity index (χ3n) is 7.86. The van der Waals surface area contributed by atoms with Crippen molar-refractivity contribution < 1.29 is 9.47 Å². The number of ether oxygens (including phenoxy) is 2. The standard InChI is InChI=1S/C38H34N2O2/c1-27-28(2)39(31-10-6-5-7-11-31)38-30(9-8-12-37(27)38)16-13-29-14-17-32(18-15-29)40(33-19-23-35(41-3)24-20-33)34-21-25-36(42-4)26-22-34/h5-26H,1-4H3/b16-13+. The Kier molecular flexibility index (Phi) is 7.52. The van der Waals surface area contributed by atoms with E-state index < -0.39 is 0 Å². The van der Waals surface area contributed by atoms with Crippen LogP contribution >= 0.6 is 0 Å². The molecule has 0 spiro atoms. The number of fused-ring (bicyclic) bond motifs is 1. The first kappa shape index (κ1) is 27.0. The molecule has 0 aliphatic rings. The molecule has 0 fully saturated rings. The molecule has 1 heterocycles. The maximum atomic E-state index is 5.39. The van der Waals surface area contributed by atoms with E-state index in [0.29, 0.717) is 0 Å². The third kappa shape index (κ3) is 5.15. The van der Waals surface area contributed by atoms with E-state index in [-0.39, 0.29) is 0 Å². The fraction of sp³-hybridized carbons (Fsp3) is 0.105. The van der Waals surface area contributed by atoms with Gasteiger partial charge in [0.25, 0.3) is 0 Å². The van der Waals surface area contributed by atoms with Gasteiger partial charge in [-0.05, 0) is 103 Å². The molecule has 0 bridgehead atoms. The van der Waals surface area contributed by atoms with Crippen molar-refractivity contribution in [3.63, 3.8) is 0 Å². The Morgan fingerprint density at radius 2 is 1.12 bits per heavy atom. The van der Waals surface area contributed by atoms with Gasteiger partial charge in [0.15, 0.2) is 0 Å². The Hall–Kier alpha value is -5.22. The van der Waals surface area contributed by atoms with Gasteiger partial charge in [0.05, 0.1) is 19.7 Å². The minimum atomic E-state index is 0.827. The van der Waals surface area contributed by atoms with Crippen LogP contribution in [0.25, 0.3) is 28.7 Å². The van der Waals surface area contributed by atoms with Gasteiger partial charge >= 0.3 is 0 Å². The average molecular weight is 551 g/mol. The number of aryl methyl sites for hydroxylation is 1. The molecule has 0 saturated heterocycles. The van der Waals surface area contributed by atoms with E-state index in [1.165, 1.54) is 33.4 Å². The molecule has 4 nitrogen and oxygen atoms in total. The second-order valence-electron chi connectivity index (χ2n) is 10.3. The second kappa shape index (κ2) is 11.7. The molecule has 42 heavy (non-hydrogen) atoms. The molecule has 6 rings (SSSR count). The summed E-state index contributed by atoms with van der Waals surface area (Å²) in [6.45, 7) is 4.41. The summed E-state index contributed by atoms with van der Waals surface area (Å²) in [6.07, 6.45) is 4.41. The fourth-order valence-corrected chi connectivity index (χ4v) is 5.51. The lowest BCUT2D eigenvalue weighted by Gasteiger charge is -2.26. The number of rotatable bonds is 8. The summed E-state index contributed by atoms with van der Waals surface area (Å²) < 4.78 is 13.2. The monoisotopic (exact) mass is 550 g/mol. The molecule has 0 aliphatic heterocycles. The number of benzene rings is 5. The van der Waals surface area contributed by atoms with Gasteiger partial charge in [0.2, 0.25) is 0 Å². The summed E-state index contributed by atoms with van der Waals surface area (Å²) in [5.41, 5.74) is 10.5. The van der Waals surface area contributed by atoms with Crippen LogP contribution in [0.4, 0.5) is 17.1 Å². The largest absolute Gasteiger partial charge is 0.497 e. The van der Waals surface area contributed by atoms with Crippen molar-refractivity contribution in [1.82, 2.24) is 4.57 Å². The molecule has 0 N–H and O–H groups in total. The van der Waals surface area contributed by atoms with Gasteiger partial charge in [0.1, 0.15) is 11.5 Å². The maximum Gasteiger partial charge on any atom is 0.119 e. The lowest BCUT2D eigenvalue weighted by molar-refractivity contribution is 0.415. The summed E-state index contributed by atoms with van der Waals surface area (Å²) in [4.78, 5) is 2.23. The highest BCUT2D eigenvalue weighted by Gasteiger charge is 2.15. The molecule has 1 aromatic heterocycles. The van der Waals surface area contributed by atoms with Crippen molar-refractivity contribution in [2.45, 2.75) is 13.8 Å². The SMILES string of the molecule is COc1ccc(N(c2ccc(/C=C/c3cccc4c(C)c(C)n(-c5ccccc5)c34)cc2)c2ccc(OC)cc2)cc1. The van der Waals surface area contributed by atoms with Crippen LogP contribution in [0.15, 0.2) is 121 Å². The summed E-state index contributed by atoms with van der Waals surface area (Å²) in [5, 5.41) is 1.28. The number of hydrogen-bond acceptors (Lipinski definition) is 3. The number of hydrogen-bond donors (Lipinski definition) is 0. The van der Waals surface area contributed by atoms with E-state index in [4.69, 9.17) is 9.47 Å². The quantitative estimate of drug-likeness (QED) is 0.176. The van der Waals surface area contributed by atoms with Crippen LogP contribution in [-0.4, -0.2) is 18.8 Å². The highest BCUT2D eigenvalue weighted by molar-refractivity contribution is 5.95. The van der Waals surface area contributed by atoms with Gasteiger partial charge in [-0.1, -0.05) is 60.7 Å². The van der Waals surface area contributed by atoms with Crippen molar-refractivity contribution in [2.24, 2.45) is 0 Å². The van der Waals surface area contributed by atoms with Crippen LogP contribution in [0.5, 0.6) is 11.5 Å². The van der Waals surface area contributed by atoms with Gasteiger partial charge in [-0.25, -0.2) is 0 Å². The molecular weight excluding hydrogens is 516 g/mol. The molecule has 6 aromatic rings. The number of aromatic nitrogens is 1. The van der Waals surface area contributed by atoms with Crippen LogP contribution < -0.4 is 14.4 Å². The lowest BCUT2D eigenvalue weighted by atomic mass is 10.1. The first-order valence-electron chi connectivity index (χ1n) is 14.1.